The third-order valence-electron chi connectivity index (χ3n) is 2.79. The maximum atomic E-state index is 12.1. The average molecular weight is 324 g/mol. The second-order valence-electron chi connectivity index (χ2n) is 5.30. The lowest BCUT2D eigenvalue weighted by molar-refractivity contribution is 0.0259. The smallest absolute Gasteiger partial charge is 0.274 e. The number of nitrogens with one attached hydrogen (secondary N) is 1. The van der Waals surface area contributed by atoms with Crippen molar-refractivity contribution >= 4 is 17.2 Å². The maximum Gasteiger partial charge on any atom is 0.274 e. The molecule has 7 heteroatoms. The third kappa shape index (κ3) is 4.66. The fraction of sp³-hybridized carbons (Fsp3) is 0.467. The van der Waals surface area contributed by atoms with E-state index in [0.717, 1.165) is 4.88 Å². The zero-order valence-electron chi connectivity index (χ0n) is 12.6. The van der Waals surface area contributed by atoms with E-state index in [0.29, 0.717) is 18.3 Å². The zero-order valence-corrected chi connectivity index (χ0v) is 13.4. The Morgan fingerprint density at radius 3 is 3.00 bits per heavy atom. The number of aliphatic hydroxyl groups is 1. The minimum Gasteiger partial charge on any atom is -0.442 e. The standard InChI is InChI=1S/C15H20N2O4S/c1-10(2)7-20-8-11(18)6-16-15(19)13-14(21-9-17-13)12-4-3-5-22-12/h3-5,9-11,18H,6-8H2,1-2H3,(H,16,19). The molecule has 0 aliphatic carbocycles. The first-order valence-electron chi connectivity index (χ1n) is 7.09. The predicted octanol–water partition coefficient (Wildman–Crippen LogP) is 2.17. The number of hydrogen-bond donors (Lipinski definition) is 2. The Labute approximate surface area is 133 Å². The van der Waals surface area contributed by atoms with Crippen LogP contribution in [0.25, 0.3) is 10.6 Å². The van der Waals surface area contributed by atoms with Crippen LogP contribution in [0.2, 0.25) is 0 Å². The van der Waals surface area contributed by atoms with Crippen molar-refractivity contribution in [3.05, 3.63) is 29.6 Å². The summed E-state index contributed by atoms with van der Waals surface area (Å²) in [5, 5.41) is 14.3. The van der Waals surface area contributed by atoms with Crippen LogP contribution in [0.1, 0.15) is 24.3 Å². The summed E-state index contributed by atoms with van der Waals surface area (Å²) in [5.74, 6) is 0.475. The van der Waals surface area contributed by atoms with Gasteiger partial charge in [-0.2, -0.15) is 0 Å². The number of thiophene rings is 1. The highest BCUT2D eigenvalue weighted by molar-refractivity contribution is 7.13. The molecule has 1 amide bonds. The Morgan fingerprint density at radius 1 is 1.50 bits per heavy atom. The van der Waals surface area contributed by atoms with Crippen LogP contribution in [0, 0.1) is 5.92 Å². The molecule has 22 heavy (non-hydrogen) atoms. The first-order valence-corrected chi connectivity index (χ1v) is 7.97. The Kier molecular flexibility index (Phi) is 6.11. The van der Waals surface area contributed by atoms with Gasteiger partial charge < -0.3 is 19.6 Å². The molecule has 0 aliphatic rings. The molecule has 0 radical (unpaired) electrons. The van der Waals surface area contributed by atoms with Crippen molar-refractivity contribution in [3.63, 3.8) is 0 Å². The van der Waals surface area contributed by atoms with E-state index in [1.54, 1.807) is 0 Å². The van der Waals surface area contributed by atoms with Crippen molar-refractivity contribution < 1.29 is 19.1 Å². The molecule has 0 aliphatic heterocycles. The summed E-state index contributed by atoms with van der Waals surface area (Å²) < 4.78 is 10.6. The number of oxazole rings is 1. The first kappa shape index (κ1) is 16.7. The van der Waals surface area contributed by atoms with Gasteiger partial charge >= 0.3 is 0 Å². The van der Waals surface area contributed by atoms with Gasteiger partial charge in [0.25, 0.3) is 5.91 Å². The van der Waals surface area contributed by atoms with Crippen molar-refractivity contribution in [2.45, 2.75) is 20.0 Å². The van der Waals surface area contributed by atoms with Gasteiger partial charge in [0.1, 0.15) is 0 Å². The van der Waals surface area contributed by atoms with Crippen molar-refractivity contribution in [1.82, 2.24) is 10.3 Å². The summed E-state index contributed by atoms with van der Waals surface area (Å²) >= 11 is 1.47. The normalized spacial score (nSPS) is 12.5. The summed E-state index contributed by atoms with van der Waals surface area (Å²) in [7, 11) is 0. The number of aromatic nitrogens is 1. The van der Waals surface area contributed by atoms with Gasteiger partial charge in [-0.3, -0.25) is 4.79 Å². The highest BCUT2D eigenvalue weighted by atomic mass is 32.1. The second kappa shape index (κ2) is 8.07. The van der Waals surface area contributed by atoms with Gasteiger partial charge in [-0.25, -0.2) is 4.98 Å². The van der Waals surface area contributed by atoms with E-state index in [4.69, 9.17) is 9.15 Å². The van der Waals surface area contributed by atoms with Crippen LogP contribution in [0.3, 0.4) is 0 Å². The molecular formula is C15H20N2O4S. The highest BCUT2D eigenvalue weighted by Gasteiger charge is 2.19. The van der Waals surface area contributed by atoms with Crippen LogP contribution in [0.5, 0.6) is 0 Å². The average Bonchev–Trinajstić information content (AvgIpc) is 3.14. The maximum absolute atomic E-state index is 12.1. The molecular weight excluding hydrogens is 304 g/mol. The quantitative estimate of drug-likeness (QED) is 0.777. The van der Waals surface area contributed by atoms with Crippen LogP contribution >= 0.6 is 11.3 Å². The topological polar surface area (TPSA) is 84.6 Å². The van der Waals surface area contributed by atoms with Gasteiger partial charge in [0.15, 0.2) is 17.8 Å². The van der Waals surface area contributed by atoms with Crippen LogP contribution in [-0.4, -0.2) is 41.9 Å². The van der Waals surface area contributed by atoms with Gasteiger partial charge in [-0.15, -0.1) is 11.3 Å². The minimum absolute atomic E-state index is 0.105. The molecule has 2 aromatic heterocycles. The van der Waals surface area contributed by atoms with E-state index in [1.165, 1.54) is 17.7 Å². The molecule has 0 spiro atoms. The molecule has 2 aromatic rings. The third-order valence-corrected chi connectivity index (χ3v) is 3.66. The van der Waals surface area contributed by atoms with Crippen molar-refractivity contribution in [2.24, 2.45) is 5.92 Å². The van der Waals surface area contributed by atoms with Gasteiger partial charge in [-0.1, -0.05) is 19.9 Å². The lowest BCUT2D eigenvalue weighted by atomic mass is 10.2. The van der Waals surface area contributed by atoms with Gasteiger partial charge in [0, 0.05) is 13.2 Å². The van der Waals surface area contributed by atoms with Gasteiger partial charge in [0.2, 0.25) is 0 Å². The van der Waals surface area contributed by atoms with Crippen LogP contribution < -0.4 is 5.32 Å². The Balaban J connectivity index is 1.84. The second-order valence-corrected chi connectivity index (χ2v) is 6.25. The number of carbonyl (C=O) groups excluding carboxylic acids is 1. The van der Waals surface area contributed by atoms with E-state index in [-0.39, 0.29) is 24.8 Å². The highest BCUT2D eigenvalue weighted by Crippen LogP contribution is 2.27. The number of hydrogen-bond acceptors (Lipinski definition) is 6. The number of nitrogens with zero attached hydrogens (tertiary/aromatic N) is 1. The fourth-order valence-electron chi connectivity index (χ4n) is 1.78. The van der Waals surface area contributed by atoms with E-state index >= 15 is 0 Å². The summed E-state index contributed by atoms with van der Waals surface area (Å²) in [4.78, 5) is 16.9. The molecule has 1 atom stereocenters. The van der Waals surface area contributed by atoms with Crippen molar-refractivity contribution in [1.29, 1.82) is 0 Å². The summed E-state index contributed by atoms with van der Waals surface area (Å²) in [5.41, 5.74) is 0.220. The molecule has 0 saturated heterocycles. The minimum atomic E-state index is -0.750. The van der Waals surface area contributed by atoms with Gasteiger partial charge in [0.05, 0.1) is 17.6 Å². The lowest BCUT2D eigenvalue weighted by Gasteiger charge is -2.13. The molecule has 0 fully saturated rings. The van der Waals surface area contributed by atoms with E-state index in [2.05, 4.69) is 10.3 Å². The number of ether oxygens (including phenoxy) is 1. The molecule has 0 bridgehead atoms. The molecule has 2 rings (SSSR count). The molecule has 1 unspecified atom stereocenters. The molecule has 120 valence electrons. The number of amides is 1. The molecule has 6 nitrogen and oxygen atoms in total. The lowest BCUT2D eigenvalue weighted by Crippen LogP contribution is -2.35. The van der Waals surface area contributed by atoms with E-state index in [1.807, 2.05) is 31.4 Å². The molecule has 0 saturated carbocycles. The Morgan fingerprint density at radius 2 is 2.32 bits per heavy atom. The number of carbonyl (C=O) groups is 1. The van der Waals surface area contributed by atoms with Crippen molar-refractivity contribution in [3.8, 4) is 10.6 Å². The Bertz CT molecular complexity index is 580. The molecule has 0 aromatic carbocycles. The number of aliphatic hydroxyl groups excluding tert-OH is 1. The van der Waals surface area contributed by atoms with Crippen LogP contribution in [-0.2, 0) is 4.74 Å². The molecule has 2 heterocycles. The fourth-order valence-corrected chi connectivity index (χ4v) is 2.50. The largest absolute Gasteiger partial charge is 0.442 e. The SMILES string of the molecule is CC(C)COCC(O)CNC(=O)c1ncoc1-c1cccs1. The summed E-state index contributed by atoms with van der Waals surface area (Å²) in [6.45, 7) is 4.94. The van der Waals surface area contributed by atoms with Crippen LogP contribution in [0.4, 0.5) is 0 Å². The molecule has 2 N–H and O–H groups in total. The van der Waals surface area contributed by atoms with Crippen LogP contribution in [0.15, 0.2) is 28.3 Å². The van der Waals surface area contributed by atoms with E-state index in [9.17, 15) is 9.90 Å². The number of rotatable bonds is 8. The predicted molar refractivity (Wildman–Crippen MR) is 83.8 cm³/mol. The first-order chi connectivity index (χ1) is 10.6. The van der Waals surface area contributed by atoms with E-state index < -0.39 is 6.10 Å². The van der Waals surface area contributed by atoms with Crippen molar-refractivity contribution in [2.75, 3.05) is 19.8 Å². The summed E-state index contributed by atoms with van der Waals surface area (Å²) in [6.07, 6.45) is 0.492. The Hall–Kier alpha value is -1.70. The monoisotopic (exact) mass is 324 g/mol. The van der Waals surface area contributed by atoms with Gasteiger partial charge in [-0.05, 0) is 17.4 Å². The summed E-state index contributed by atoms with van der Waals surface area (Å²) in [6, 6.07) is 3.73. The zero-order chi connectivity index (χ0) is 15.9.